The average molecular weight is 510 g/mol. The van der Waals surface area contributed by atoms with Crippen LogP contribution in [0.1, 0.15) is 18.1 Å². The van der Waals surface area contributed by atoms with Crippen LogP contribution < -0.4 is 21.7 Å². The summed E-state index contributed by atoms with van der Waals surface area (Å²) in [7, 11) is 0. The van der Waals surface area contributed by atoms with Gasteiger partial charge < -0.3 is 36.9 Å². The van der Waals surface area contributed by atoms with Crippen LogP contribution in [0.3, 0.4) is 0 Å². The number of carboxylic acid groups (broad SMARTS) is 1. The Morgan fingerprint density at radius 2 is 1.51 bits per heavy atom. The lowest BCUT2D eigenvalue weighted by Gasteiger charge is -2.25. The van der Waals surface area contributed by atoms with E-state index in [0.717, 1.165) is 16.5 Å². The van der Waals surface area contributed by atoms with Gasteiger partial charge in [0.05, 0.1) is 12.6 Å². The van der Waals surface area contributed by atoms with Gasteiger partial charge in [-0.3, -0.25) is 14.4 Å². The second-order valence-electron chi connectivity index (χ2n) is 8.70. The quantitative estimate of drug-likeness (QED) is 0.177. The number of carboxylic acids is 1. The number of hydrogen-bond acceptors (Lipinski definition) is 6. The van der Waals surface area contributed by atoms with Crippen LogP contribution in [0.2, 0.25) is 0 Å². The van der Waals surface area contributed by atoms with Gasteiger partial charge in [-0.1, -0.05) is 48.5 Å². The number of nitrogens with two attached hydrogens (primary N) is 1. The van der Waals surface area contributed by atoms with Gasteiger partial charge in [-0.2, -0.15) is 0 Å². The van der Waals surface area contributed by atoms with Crippen molar-refractivity contribution in [3.8, 4) is 0 Å². The summed E-state index contributed by atoms with van der Waals surface area (Å²) in [5.74, 6) is -3.40. The van der Waals surface area contributed by atoms with E-state index in [1.165, 1.54) is 6.92 Å². The molecule has 3 aromatic rings. The molecule has 4 unspecified atom stereocenters. The third-order valence-electron chi connectivity index (χ3n) is 5.90. The molecule has 11 heteroatoms. The molecule has 0 saturated carbocycles. The van der Waals surface area contributed by atoms with Crippen molar-refractivity contribution < 1.29 is 29.4 Å². The second-order valence-corrected chi connectivity index (χ2v) is 8.70. The maximum Gasteiger partial charge on any atom is 0.328 e. The van der Waals surface area contributed by atoms with E-state index in [1.54, 1.807) is 36.5 Å². The van der Waals surface area contributed by atoms with Crippen LogP contribution in [-0.2, 0) is 32.0 Å². The number of carbonyl (C=O) groups is 4. The van der Waals surface area contributed by atoms with Crippen LogP contribution in [0.4, 0.5) is 0 Å². The molecule has 8 N–H and O–H groups in total. The maximum atomic E-state index is 13.4. The van der Waals surface area contributed by atoms with Crippen molar-refractivity contribution in [3.05, 3.63) is 71.9 Å². The Hall–Kier alpha value is -4.22. The van der Waals surface area contributed by atoms with Crippen LogP contribution in [0.15, 0.2) is 60.8 Å². The van der Waals surface area contributed by atoms with Crippen LogP contribution in [-0.4, -0.2) is 69.7 Å². The van der Waals surface area contributed by atoms with Gasteiger partial charge in [0.1, 0.15) is 12.1 Å². The van der Waals surface area contributed by atoms with Crippen LogP contribution in [0.5, 0.6) is 0 Å². The molecule has 0 spiro atoms. The molecule has 196 valence electrons. The molecule has 0 radical (unpaired) electrons. The summed E-state index contributed by atoms with van der Waals surface area (Å²) in [5.41, 5.74) is 7.81. The third kappa shape index (κ3) is 7.38. The van der Waals surface area contributed by atoms with Crippen molar-refractivity contribution in [2.24, 2.45) is 5.73 Å². The van der Waals surface area contributed by atoms with E-state index in [2.05, 4.69) is 20.9 Å². The van der Waals surface area contributed by atoms with Crippen molar-refractivity contribution in [2.45, 2.75) is 44.0 Å². The molecule has 0 bridgehead atoms. The number of aliphatic hydroxyl groups excluding tert-OH is 1. The number of hydrogen-bond donors (Lipinski definition) is 7. The minimum atomic E-state index is -1.57. The molecule has 0 fully saturated rings. The van der Waals surface area contributed by atoms with Gasteiger partial charge >= 0.3 is 5.97 Å². The van der Waals surface area contributed by atoms with E-state index in [1.807, 2.05) is 24.3 Å². The number of rotatable bonds is 12. The molecule has 1 aromatic heterocycles. The zero-order valence-corrected chi connectivity index (χ0v) is 20.3. The summed E-state index contributed by atoms with van der Waals surface area (Å²) < 4.78 is 0. The number of nitrogens with one attached hydrogen (secondary N) is 4. The SMILES string of the molecule is CC(O)C(NC(=O)C(Cc1ccccc1)NC(=O)C(Cc1c[nH]c2ccccc12)NC(=O)CN)C(=O)O. The number of H-pyrrole nitrogens is 1. The largest absolute Gasteiger partial charge is 0.480 e. The molecular formula is C26H31N5O6. The number of aliphatic carboxylic acids is 1. The number of benzene rings is 2. The summed E-state index contributed by atoms with van der Waals surface area (Å²) in [6.45, 7) is 0.906. The third-order valence-corrected chi connectivity index (χ3v) is 5.90. The monoisotopic (exact) mass is 509 g/mol. The highest BCUT2D eigenvalue weighted by molar-refractivity contribution is 5.94. The van der Waals surface area contributed by atoms with Gasteiger partial charge in [0.15, 0.2) is 6.04 Å². The van der Waals surface area contributed by atoms with Crippen LogP contribution >= 0.6 is 0 Å². The van der Waals surface area contributed by atoms with E-state index in [0.29, 0.717) is 5.56 Å². The van der Waals surface area contributed by atoms with E-state index < -0.39 is 47.9 Å². The minimum Gasteiger partial charge on any atom is -0.480 e. The number of fused-ring (bicyclic) bond motifs is 1. The summed E-state index contributed by atoms with van der Waals surface area (Å²) in [4.78, 5) is 53.2. The fourth-order valence-electron chi connectivity index (χ4n) is 3.96. The van der Waals surface area contributed by atoms with Gasteiger partial charge in [-0.25, -0.2) is 4.79 Å². The predicted octanol–water partition coefficient (Wildman–Crippen LogP) is -0.168. The molecule has 0 aliphatic carbocycles. The van der Waals surface area contributed by atoms with Gasteiger partial charge in [-0.05, 0) is 24.1 Å². The molecule has 0 aliphatic rings. The Labute approximate surface area is 213 Å². The van der Waals surface area contributed by atoms with Crippen molar-refractivity contribution in [2.75, 3.05) is 6.54 Å². The number of aliphatic hydroxyl groups is 1. The first-order valence-corrected chi connectivity index (χ1v) is 11.8. The zero-order valence-electron chi connectivity index (χ0n) is 20.3. The van der Waals surface area contributed by atoms with Crippen LogP contribution in [0.25, 0.3) is 10.9 Å². The number of amides is 3. The zero-order chi connectivity index (χ0) is 26.9. The van der Waals surface area contributed by atoms with Gasteiger partial charge in [0, 0.05) is 29.9 Å². The number of carbonyl (C=O) groups excluding carboxylic acids is 3. The number of aromatic amines is 1. The number of aromatic nitrogens is 1. The lowest BCUT2D eigenvalue weighted by atomic mass is 10.0. The lowest BCUT2D eigenvalue weighted by Crippen LogP contribution is -2.58. The second kappa shape index (κ2) is 12.7. The summed E-state index contributed by atoms with van der Waals surface area (Å²) in [6.07, 6.45) is 0.545. The standard InChI is InChI=1S/C26H31N5O6/c1-15(32)23(26(36)37)31-25(35)20(11-16-7-3-2-4-8-16)30-24(34)21(29-22(33)13-27)12-17-14-28-19-10-6-5-9-18(17)19/h2-10,14-15,20-21,23,28,32H,11-13,27H2,1H3,(H,29,33)(H,30,34)(H,31,35)(H,36,37). The smallest absolute Gasteiger partial charge is 0.328 e. The summed E-state index contributed by atoms with van der Waals surface area (Å²) in [6, 6.07) is 12.5. The topological polar surface area (TPSA) is 187 Å². The molecule has 37 heavy (non-hydrogen) atoms. The maximum absolute atomic E-state index is 13.4. The van der Waals surface area contributed by atoms with Crippen molar-refractivity contribution in [1.82, 2.24) is 20.9 Å². The average Bonchev–Trinajstić information content (AvgIpc) is 3.29. The van der Waals surface area contributed by atoms with Gasteiger partial charge in [-0.15, -0.1) is 0 Å². The van der Waals surface area contributed by atoms with Gasteiger partial charge in [0.2, 0.25) is 17.7 Å². The predicted molar refractivity (Wildman–Crippen MR) is 136 cm³/mol. The van der Waals surface area contributed by atoms with E-state index in [9.17, 15) is 29.4 Å². The fourth-order valence-corrected chi connectivity index (χ4v) is 3.96. The first-order chi connectivity index (χ1) is 17.7. The molecule has 1 heterocycles. The summed E-state index contributed by atoms with van der Waals surface area (Å²) >= 11 is 0. The molecule has 11 nitrogen and oxygen atoms in total. The highest BCUT2D eigenvalue weighted by atomic mass is 16.4. The highest BCUT2D eigenvalue weighted by Gasteiger charge is 2.31. The van der Waals surface area contributed by atoms with Crippen molar-refractivity contribution in [3.63, 3.8) is 0 Å². The Morgan fingerprint density at radius 3 is 2.16 bits per heavy atom. The van der Waals surface area contributed by atoms with E-state index in [-0.39, 0.29) is 19.4 Å². The first-order valence-electron chi connectivity index (χ1n) is 11.8. The molecular weight excluding hydrogens is 478 g/mol. The molecule has 3 amide bonds. The van der Waals surface area contributed by atoms with Crippen molar-refractivity contribution in [1.29, 1.82) is 0 Å². The molecule has 3 rings (SSSR count). The fraction of sp³-hybridized carbons (Fsp3) is 0.308. The van der Waals surface area contributed by atoms with E-state index >= 15 is 0 Å². The lowest BCUT2D eigenvalue weighted by molar-refractivity contribution is -0.145. The normalized spacial score (nSPS) is 14.2. The molecule has 2 aromatic carbocycles. The molecule has 4 atom stereocenters. The summed E-state index contributed by atoms with van der Waals surface area (Å²) in [5, 5.41) is 27.6. The molecule has 0 aliphatic heterocycles. The Kier molecular flexibility index (Phi) is 9.36. The Bertz CT molecular complexity index is 1240. The van der Waals surface area contributed by atoms with E-state index in [4.69, 9.17) is 5.73 Å². The highest BCUT2D eigenvalue weighted by Crippen LogP contribution is 2.19. The number of para-hydroxylation sites is 1. The minimum absolute atomic E-state index is 0.0508. The first kappa shape index (κ1) is 27.4. The Morgan fingerprint density at radius 1 is 0.892 bits per heavy atom. The van der Waals surface area contributed by atoms with Gasteiger partial charge in [0.25, 0.3) is 0 Å². The van der Waals surface area contributed by atoms with Crippen LogP contribution in [0, 0.1) is 0 Å². The molecule has 0 saturated heterocycles. The Balaban J connectivity index is 1.86. The van der Waals surface area contributed by atoms with Crippen molar-refractivity contribution >= 4 is 34.6 Å².